The highest BCUT2D eigenvalue weighted by Gasteiger charge is 2.28. The van der Waals surface area contributed by atoms with Crippen LogP contribution in [0.4, 0.5) is 0 Å². The van der Waals surface area contributed by atoms with Gasteiger partial charge in [-0.15, -0.1) is 0 Å². The number of hydrogen-bond donors (Lipinski definition) is 1. The monoisotopic (exact) mass is 233 g/mol. The first kappa shape index (κ1) is 15.3. The van der Waals surface area contributed by atoms with E-state index >= 15 is 0 Å². The Morgan fingerprint density at radius 2 is 1.94 bits per heavy atom. The van der Waals surface area contributed by atoms with Gasteiger partial charge >= 0.3 is 5.97 Å². The Bertz CT molecular complexity index is 206. The molecule has 96 valence electrons. The molecule has 0 amide bonds. The van der Waals surface area contributed by atoms with Crippen molar-refractivity contribution < 1.29 is 19.0 Å². The van der Waals surface area contributed by atoms with E-state index in [0.29, 0.717) is 19.7 Å². The Hall–Kier alpha value is -0.650. The van der Waals surface area contributed by atoms with Gasteiger partial charge in [-0.1, -0.05) is 0 Å². The zero-order valence-electron chi connectivity index (χ0n) is 10.8. The van der Waals surface area contributed by atoms with Crippen LogP contribution in [0.25, 0.3) is 0 Å². The van der Waals surface area contributed by atoms with Crippen molar-refractivity contribution in [2.75, 3.05) is 41.0 Å². The molecule has 0 saturated heterocycles. The lowest BCUT2D eigenvalue weighted by Crippen LogP contribution is -2.41. The normalized spacial score (nSPS) is 13.6. The lowest BCUT2D eigenvalue weighted by atomic mass is 9.94. The first-order chi connectivity index (χ1) is 7.47. The van der Waals surface area contributed by atoms with Crippen LogP contribution in [-0.2, 0) is 19.0 Å². The molecule has 1 N–H and O–H groups in total. The van der Waals surface area contributed by atoms with Crippen LogP contribution < -0.4 is 5.32 Å². The van der Waals surface area contributed by atoms with Gasteiger partial charge in [-0.25, -0.2) is 0 Å². The van der Waals surface area contributed by atoms with Crippen molar-refractivity contribution in [3.8, 4) is 0 Å². The predicted molar refractivity (Wildman–Crippen MR) is 61.3 cm³/mol. The maximum absolute atomic E-state index is 11.4. The van der Waals surface area contributed by atoms with Crippen LogP contribution in [0.15, 0.2) is 0 Å². The van der Waals surface area contributed by atoms with Gasteiger partial charge in [0.05, 0.1) is 25.2 Å². The van der Waals surface area contributed by atoms with Crippen molar-refractivity contribution in [3.63, 3.8) is 0 Å². The Labute approximate surface area is 97.4 Å². The number of rotatable bonds is 8. The summed E-state index contributed by atoms with van der Waals surface area (Å²) >= 11 is 0. The third kappa shape index (κ3) is 5.44. The molecular formula is C11H23NO4. The average Bonchev–Trinajstić information content (AvgIpc) is 2.26. The van der Waals surface area contributed by atoms with E-state index in [4.69, 9.17) is 14.2 Å². The van der Waals surface area contributed by atoms with E-state index in [1.54, 1.807) is 14.2 Å². The number of carbonyl (C=O) groups is 1. The molecule has 0 saturated carbocycles. The zero-order chi connectivity index (χ0) is 12.6. The van der Waals surface area contributed by atoms with E-state index in [-0.39, 0.29) is 12.1 Å². The molecule has 0 spiro atoms. The molecule has 0 aliphatic heterocycles. The fraction of sp³-hybridized carbons (Fsp3) is 0.909. The molecule has 0 fully saturated rings. The number of nitrogens with one attached hydrogen (secondary N) is 1. The fourth-order valence-corrected chi connectivity index (χ4v) is 1.29. The Kier molecular flexibility index (Phi) is 7.29. The molecule has 0 aromatic rings. The van der Waals surface area contributed by atoms with Gasteiger partial charge in [-0.2, -0.15) is 0 Å². The van der Waals surface area contributed by atoms with Crippen molar-refractivity contribution in [2.45, 2.75) is 20.0 Å². The van der Waals surface area contributed by atoms with Gasteiger partial charge in [0.1, 0.15) is 0 Å². The third-order valence-corrected chi connectivity index (χ3v) is 2.36. The lowest BCUT2D eigenvalue weighted by Gasteiger charge is -2.23. The summed E-state index contributed by atoms with van der Waals surface area (Å²) in [6, 6.07) is 0. The van der Waals surface area contributed by atoms with E-state index in [2.05, 4.69) is 5.32 Å². The van der Waals surface area contributed by atoms with E-state index in [9.17, 15) is 4.79 Å². The van der Waals surface area contributed by atoms with Crippen LogP contribution in [0.3, 0.4) is 0 Å². The van der Waals surface area contributed by atoms with Crippen LogP contribution in [0.1, 0.15) is 13.8 Å². The minimum absolute atomic E-state index is 0.00144. The lowest BCUT2D eigenvalue weighted by molar-refractivity contribution is -0.150. The van der Waals surface area contributed by atoms with Crippen molar-refractivity contribution in [1.82, 2.24) is 5.32 Å². The quantitative estimate of drug-likeness (QED) is 0.616. The van der Waals surface area contributed by atoms with Crippen molar-refractivity contribution in [2.24, 2.45) is 5.41 Å². The second kappa shape index (κ2) is 7.60. The molecule has 5 heteroatoms. The van der Waals surface area contributed by atoms with Gasteiger partial charge in [0, 0.05) is 27.3 Å². The molecule has 0 aliphatic carbocycles. The van der Waals surface area contributed by atoms with E-state index in [1.807, 2.05) is 13.8 Å². The van der Waals surface area contributed by atoms with Gasteiger partial charge in [-0.3, -0.25) is 4.79 Å². The summed E-state index contributed by atoms with van der Waals surface area (Å²) in [7, 11) is 4.66. The summed E-state index contributed by atoms with van der Waals surface area (Å²) in [5, 5.41) is 3.17. The highest BCUT2D eigenvalue weighted by atomic mass is 16.5. The van der Waals surface area contributed by atoms with E-state index in [0.717, 1.165) is 0 Å². The molecule has 0 aliphatic rings. The fourth-order valence-electron chi connectivity index (χ4n) is 1.29. The van der Waals surface area contributed by atoms with Crippen LogP contribution in [0.5, 0.6) is 0 Å². The van der Waals surface area contributed by atoms with Crippen molar-refractivity contribution in [3.05, 3.63) is 0 Å². The summed E-state index contributed by atoms with van der Waals surface area (Å²) in [5.41, 5.74) is -0.528. The summed E-state index contributed by atoms with van der Waals surface area (Å²) in [6.07, 6.45) is -0.00144. The molecule has 0 radical (unpaired) electrons. The van der Waals surface area contributed by atoms with Crippen molar-refractivity contribution in [1.29, 1.82) is 0 Å². The first-order valence-corrected chi connectivity index (χ1v) is 5.28. The van der Waals surface area contributed by atoms with Gasteiger partial charge in [-0.05, 0) is 13.8 Å². The van der Waals surface area contributed by atoms with Gasteiger partial charge < -0.3 is 19.5 Å². The van der Waals surface area contributed by atoms with Crippen LogP contribution in [0.2, 0.25) is 0 Å². The van der Waals surface area contributed by atoms with Crippen LogP contribution in [-0.4, -0.2) is 53.1 Å². The Morgan fingerprint density at radius 3 is 2.38 bits per heavy atom. The first-order valence-electron chi connectivity index (χ1n) is 5.28. The van der Waals surface area contributed by atoms with Crippen LogP contribution >= 0.6 is 0 Å². The number of esters is 1. The summed E-state index contributed by atoms with van der Waals surface area (Å²) in [6.45, 7) is 5.39. The third-order valence-electron chi connectivity index (χ3n) is 2.36. The maximum Gasteiger partial charge on any atom is 0.312 e. The zero-order valence-corrected chi connectivity index (χ0v) is 10.8. The second-order valence-electron chi connectivity index (χ2n) is 4.32. The number of hydrogen-bond acceptors (Lipinski definition) is 5. The summed E-state index contributed by atoms with van der Waals surface area (Å²) in [4.78, 5) is 11.4. The minimum atomic E-state index is -0.528. The number of carbonyl (C=O) groups excluding carboxylic acids is 1. The molecule has 0 bridgehead atoms. The Balaban J connectivity index is 3.91. The van der Waals surface area contributed by atoms with Crippen molar-refractivity contribution >= 4 is 5.97 Å². The Morgan fingerprint density at radius 1 is 1.31 bits per heavy atom. The highest BCUT2D eigenvalue weighted by molar-refractivity contribution is 5.76. The molecule has 0 aromatic heterocycles. The summed E-state index contributed by atoms with van der Waals surface area (Å²) < 4.78 is 14.9. The standard InChI is InChI=1S/C11H23NO4/c1-11(2,10(13)16-5)8-12-6-9(15-4)7-14-3/h9,12H,6-8H2,1-5H3. The van der Waals surface area contributed by atoms with Crippen LogP contribution in [0, 0.1) is 5.41 Å². The van der Waals surface area contributed by atoms with Gasteiger partial charge in [0.2, 0.25) is 0 Å². The second-order valence-corrected chi connectivity index (χ2v) is 4.32. The SMILES string of the molecule is COCC(CNCC(C)(C)C(=O)OC)OC. The van der Waals surface area contributed by atoms with Gasteiger partial charge in [0.15, 0.2) is 0 Å². The smallest absolute Gasteiger partial charge is 0.312 e. The number of ether oxygens (including phenoxy) is 3. The molecule has 5 nitrogen and oxygen atoms in total. The van der Waals surface area contributed by atoms with Gasteiger partial charge in [0.25, 0.3) is 0 Å². The molecule has 1 unspecified atom stereocenters. The molecule has 1 atom stereocenters. The van der Waals surface area contributed by atoms with E-state index < -0.39 is 5.41 Å². The molecule has 0 aromatic carbocycles. The molecular weight excluding hydrogens is 210 g/mol. The minimum Gasteiger partial charge on any atom is -0.469 e. The predicted octanol–water partition coefficient (Wildman–Crippen LogP) is 0.437. The highest BCUT2D eigenvalue weighted by Crippen LogP contribution is 2.15. The maximum atomic E-state index is 11.4. The average molecular weight is 233 g/mol. The topological polar surface area (TPSA) is 56.8 Å². The molecule has 0 heterocycles. The number of methoxy groups -OCH3 is 3. The van der Waals surface area contributed by atoms with E-state index in [1.165, 1.54) is 7.11 Å². The molecule has 16 heavy (non-hydrogen) atoms. The largest absolute Gasteiger partial charge is 0.469 e. The molecule has 0 rings (SSSR count). The summed E-state index contributed by atoms with van der Waals surface area (Å²) in [5.74, 6) is -0.222.